The van der Waals surface area contributed by atoms with E-state index in [1.165, 1.54) is 5.56 Å². The van der Waals surface area contributed by atoms with Gasteiger partial charge in [0.15, 0.2) is 0 Å². The minimum absolute atomic E-state index is 0.322. The molecule has 2 N–H and O–H groups in total. The molecule has 0 spiro atoms. The van der Waals surface area contributed by atoms with Crippen LogP contribution < -0.4 is 10.7 Å². The Balaban J connectivity index is 1.68. The Morgan fingerprint density at radius 2 is 1.58 bits per heavy atom. The molecule has 156 valence electrons. The van der Waals surface area contributed by atoms with E-state index in [0.717, 1.165) is 28.4 Å². The first-order valence-corrected chi connectivity index (χ1v) is 9.97. The molecule has 8 nitrogen and oxygen atoms in total. The zero-order chi connectivity index (χ0) is 21.8. The van der Waals surface area contributed by atoms with Crippen LogP contribution in [-0.4, -0.2) is 30.4 Å². The van der Waals surface area contributed by atoms with Crippen LogP contribution in [0.4, 0.5) is 17.6 Å². The molecule has 31 heavy (non-hydrogen) atoms. The first-order valence-electron chi connectivity index (χ1n) is 9.97. The average molecular weight is 413 g/mol. The number of nitrogens with one attached hydrogen (secondary N) is 2. The average Bonchev–Trinajstić information content (AvgIpc) is 3.12. The maximum absolute atomic E-state index is 4.56. The third-order valence-electron chi connectivity index (χ3n) is 4.65. The van der Waals surface area contributed by atoms with Crippen molar-refractivity contribution in [2.45, 2.75) is 27.7 Å². The van der Waals surface area contributed by atoms with E-state index >= 15 is 0 Å². The molecule has 4 aromatic rings. The van der Waals surface area contributed by atoms with Gasteiger partial charge in [-0.05, 0) is 51.5 Å². The van der Waals surface area contributed by atoms with Crippen molar-refractivity contribution in [1.29, 1.82) is 0 Å². The number of nitrogens with zero attached hydrogens (tertiary/aromatic N) is 6. The Labute approximate surface area is 181 Å². The Hall–Kier alpha value is -4.07. The van der Waals surface area contributed by atoms with Gasteiger partial charge in [-0.2, -0.15) is 25.2 Å². The fourth-order valence-corrected chi connectivity index (χ4v) is 3.04. The summed E-state index contributed by atoms with van der Waals surface area (Å²) in [6.07, 6.45) is 0. The molecular weight excluding hydrogens is 388 g/mol. The number of hydrogen-bond donors (Lipinski definition) is 2. The van der Waals surface area contributed by atoms with Crippen LogP contribution in [0.2, 0.25) is 0 Å². The molecule has 0 unspecified atom stereocenters. The summed E-state index contributed by atoms with van der Waals surface area (Å²) in [5, 5.41) is 12.2. The lowest BCUT2D eigenvalue weighted by Gasteiger charge is -2.10. The molecule has 0 saturated heterocycles. The third kappa shape index (κ3) is 4.92. The lowest BCUT2D eigenvalue weighted by molar-refractivity contribution is 0.767. The largest absolute Gasteiger partial charge is 0.324 e. The van der Waals surface area contributed by atoms with Crippen LogP contribution in [0, 0.1) is 20.8 Å². The van der Waals surface area contributed by atoms with E-state index in [-0.39, 0.29) is 0 Å². The van der Waals surface area contributed by atoms with E-state index in [2.05, 4.69) is 35.9 Å². The van der Waals surface area contributed by atoms with Crippen molar-refractivity contribution >= 4 is 23.3 Å². The molecule has 0 aliphatic heterocycles. The molecule has 0 aliphatic carbocycles. The summed E-state index contributed by atoms with van der Waals surface area (Å²) < 4.78 is 1.69. The van der Waals surface area contributed by atoms with Crippen LogP contribution >= 0.6 is 0 Å². The second kappa shape index (κ2) is 8.74. The highest BCUT2D eigenvalue weighted by atomic mass is 15.4. The van der Waals surface area contributed by atoms with Crippen LogP contribution in [0.25, 0.3) is 5.95 Å². The van der Waals surface area contributed by atoms with E-state index in [9.17, 15) is 0 Å². The van der Waals surface area contributed by atoms with Crippen molar-refractivity contribution in [3.63, 3.8) is 0 Å². The SMILES string of the molecule is CC(=NNc1nc(Nc2ccc(C)cc2)nc(-n2nc(C)cc2C)n1)c1ccccc1. The smallest absolute Gasteiger partial charge is 0.257 e. The normalized spacial score (nSPS) is 11.4. The Bertz CT molecular complexity index is 1210. The number of rotatable bonds is 6. The molecule has 8 heteroatoms. The van der Waals surface area contributed by atoms with Crippen molar-refractivity contribution in [2.75, 3.05) is 10.7 Å². The van der Waals surface area contributed by atoms with Crippen molar-refractivity contribution in [3.8, 4) is 5.95 Å². The summed E-state index contributed by atoms with van der Waals surface area (Å²) in [5.41, 5.74) is 8.67. The zero-order valence-corrected chi connectivity index (χ0v) is 18.0. The van der Waals surface area contributed by atoms with E-state index in [1.807, 2.05) is 88.4 Å². The second-order valence-corrected chi connectivity index (χ2v) is 7.29. The highest BCUT2D eigenvalue weighted by molar-refractivity contribution is 5.98. The fourth-order valence-electron chi connectivity index (χ4n) is 3.04. The molecule has 4 rings (SSSR count). The lowest BCUT2D eigenvalue weighted by Crippen LogP contribution is -2.11. The molecule has 0 fully saturated rings. The maximum atomic E-state index is 4.56. The number of anilines is 3. The van der Waals surface area contributed by atoms with Gasteiger partial charge in [-0.15, -0.1) is 0 Å². The van der Waals surface area contributed by atoms with Gasteiger partial charge >= 0.3 is 0 Å². The Morgan fingerprint density at radius 3 is 2.26 bits per heavy atom. The highest BCUT2D eigenvalue weighted by Gasteiger charge is 2.12. The third-order valence-corrected chi connectivity index (χ3v) is 4.65. The quantitative estimate of drug-likeness (QED) is 0.356. The van der Waals surface area contributed by atoms with Gasteiger partial charge in [-0.1, -0.05) is 48.0 Å². The predicted octanol–water partition coefficient (Wildman–Crippen LogP) is 4.56. The van der Waals surface area contributed by atoms with Gasteiger partial charge < -0.3 is 5.32 Å². The van der Waals surface area contributed by atoms with Crippen LogP contribution in [0.1, 0.15) is 29.4 Å². The first-order chi connectivity index (χ1) is 15.0. The highest BCUT2D eigenvalue weighted by Crippen LogP contribution is 2.17. The van der Waals surface area contributed by atoms with Gasteiger partial charge in [0.1, 0.15) is 0 Å². The number of hydrogen-bond acceptors (Lipinski definition) is 7. The topological polar surface area (TPSA) is 92.9 Å². The Morgan fingerprint density at radius 1 is 0.871 bits per heavy atom. The lowest BCUT2D eigenvalue weighted by atomic mass is 10.1. The van der Waals surface area contributed by atoms with Crippen molar-refractivity contribution in [2.24, 2.45) is 5.10 Å². The van der Waals surface area contributed by atoms with Crippen molar-refractivity contribution in [3.05, 3.63) is 83.2 Å². The summed E-state index contributed by atoms with van der Waals surface area (Å²) >= 11 is 0. The first kappa shape index (κ1) is 20.2. The van der Waals surface area contributed by atoms with E-state index in [4.69, 9.17) is 0 Å². The molecule has 0 saturated carbocycles. The molecule has 0 radical (unpaired) electrons. The summed E-state index contributed by atoms with van der Waals surface area (Å²) in [7, 11) is 0. The molecular formula is C23H24N8. The minimum atomic E-state index is 0.322. The van der Waals surface area contributed by atoms with Gasteiger partial charge in [0.2, 0.25) is 11.9 Å². The fraction of sp³-hybridized carbons (Fsp3) is 0.174. The van der Waals surface area contributed by atoms with Crippen LogP contribution in [0.5, 0.6) is 0 Å². The van der Waals surface area contributed by atoms with E-state index in [1.54, 1.807) is 4.68 Å². The van der Waals surface area contributed by atoms with E-state index in [0.29, 0.717) is 17.8 Å². The van der Waals surface area contributed by atoms with Crippen LogP contribution in [0.15, 0.2) is 65.8 Å². The molecule has 0 amide bonds. The van der Waals surface area contributed by atoms with Gasteiger partial charge in [-0.25, -0.2) is 10.1 Å². The van der Waals surface area contributed by atoms with Crippen LogP contribution in [0.3, 0.4) is 0 Å². The maximum Gasteiger partial charge on any atom is 0.257 e. The van der Waals surface area contributed by atoms with Crippen LogP contribution in [-0.2, 0) is 0 Å². The number of benzene rings is 2. The van der Waals surface area contributed by atoms with Gasteiger partial charge in [0.05, 0.1) is 11.4 Å². The predicted molar refractivity (Wildman–Crippen MR) is 123 cm³/mol. The minimum Gasteiger partial charge on any atom is -0.324 e. The molecule has 0 atom stereocenters. The molecule has 0 aliphatic rings. The van der Waals surface area contributed by atoms with Gasteiger partial charge in [0, 0.05) is 11.4 Å². The van der Waals surface area contributed by atoms with E-state index < -0.39 is 0 Å². The molecule has 2 heterocycles. The van der Waals surface area contributed by atoms with Gasteiger partial charge in [0.25, 0.3) is 5.95 Å². The summed E-state index contributed by atoms with van der Waals surface area (Å²) in [5.74, 6) is 1.13. The molecule has 2 aromatic heterocycles. The number of aromatic nitrogens is 5. The zero-order valence-electron chi connectivity index (χ0n) is 18.0. The van der Waals surface area contributed by atoms with Crippen molar-refractivity contribution in [1.82, 2.24) is 24.7 Å². The standard InChI is InChI=1S/C23H24N8/c1-15-10-12-20(13-11-15)24-21-25-22(29-28-18(4)19-8-6-5-7-9-19)27-23(26-21)31-17(3)14-16(2)30-31/h5-14H,1-4H3,(H2,24,25,26,27,29). The monoisotopic (exact) mass is 412 g/mol. The molecule has 2 aromatic carbocycles. The summed E-state index contributed by atoms with van der Waals surface area (Å²) in [6.45, 7) is 7.87. The van der Waals surface area contributed by atoms with Crippen molar-refractivity contribution < 1.29 is 0 Å². The Kier molecular flexibility index (Phi) is 5.70. The number of aryl methyl sites for hydroxylation is 3. The van der Waals surface area contributed by atoms with Gasteiger partial charge in [-0.3, -0.25) is 0 Å². The summed E-state index contributed by atoms with van der Waals surface area (Å²) in [6, 6.07) is 19.9. The molecule has 0 bridgehead atoms. The second-order valence-electron chi connectivity index (χ2n) is 7.29. The number of hydrazone groups is 1. The summed E-state index contributed by atoms with van der Waals surface area (Å²) in [4.78, 5) is 13.6.